The van der Waals surface area contributed by atoms with Gasteiger partial charge in [0, 0.05) is 25.6 Å². The molecule has 0 radical (unpaired) electrons. The third-order valence-corrected chi connectivity index (χ3v) is 4.22. The lowest BCUT2D eigenvalue weighted by molar-refractivity contribution is 0.215. The molecule has 4 heteroatoms. The van der Waals surface area contributed by atoms with E-state index in [-0.39, 0.29) is 0 Å². The summed E-state index contributed by atoms with van der Waals surface area (Å²) in [6.45, 7) is 3.13. The lowest BCUT2D eigenvalue weighted by Gasteiger charge is -2.27. The molecule has 1 unspecified atom stereocenters. The van der Waals surface area contributed by atoms with Crippen LogP contribution in [0.5, 0.6) is 11.5 Å². The molecule has 0 aromatic heterocycles. The normalized spacial score (nSPS) is 19.8. The highest BCUT2D eigenvalue weighted by Crippen LogP contribution is 2.35. The van der Waals surface area contributed by atoms with Crippen LogP contribution in [0.15, 0.2) is 18.2 Å². The van der Waals surface area contributed by atoms with E-state index in [1.54, 1.807) is 0 Å². The van der Waals surface area contributed by atoms with Crippen molar-refractivity contribution in [1.29, 1.82) is 0 Å². The minimum Gasteiger partial charge on any atom is -0.490 e. The van der Waals surface area contributed by atoms with Gasteiger partial charge in [0.05, 0.1) is 13.2 Å². The van der Waals surface area contributed by atoms with E-state index < -0.39 is 0 Å². The molecule has 1 fully saturated rings. The highest BCUT2D eigenvalue weighted by atomic mass is 16.5. The number of hydrogen-bond donors (Lipinski definition) is 1. The summed E-state index contributed by atoms with van der Waals surface area (Å²) in [4.78, 5) is 2.37. The summed E-state index contributed by atoms with van der Waals surface area (Å²) < 4.78 is 11.4. The van der Waals surface area contributed by atoms with Crippen LogP contribution in [-0.4, -0.2) is 37.7 Å². The van der Waals surface area contributed by atoms with Crippen molar-refractivity contribution >= 4 is 0 Å². The number of nitrogens with two attached hydrogens (primary N) is 1. The first-order chi connectivity index (χ1) is 9.78. The molecule has 1 aromatic carbocycles. The zero-order valence-electron chi connectivity index (χ0n) is 12.2. The van der Waals surface area contributed by atoms with Gasteiger partial charge in [-0.15, -0.1) is 0 Å². The van der Waals surface area contributed by atoms with Crippen LogP contribution in [0.3, 0.4) is 0 Å². The van der Waals surface area contributed by atoms with Gasteiger partial charge in [0.25, 0.3) is 0 Å². The van der Waals surface area contributed by atoms with Gasteiger partial charge in [0.2, 0.25) is 0 Å². The largest absolute Gasteiger partial charge is 0.490 e. The van der Waals surface area contributed by atoms with E-state index in [1.165, 1.54) is 18.4 Å². The van der Waals surface area contributed by atoms with Crippen molar-refractivity contribution in [1.82, 2.24) is 4.90 Å². The maximum atomic E-state index is 5.91. The summed E-state index contributed by atoms with van der Waals surface area (Å²) in [5.74, 6) is 2.54. The van der Waals surface area contributed by atoms with Gasteiger partial charge in [-0.2, -0.15) is 0 Å². The molecule has 1 heterocycles. The minimum absolute atomic E-state index is 0.506. The Balaban J connectivity index is 1.69. The molecule has 3 rings (SSSR count). The van der Waals surface area contributed by atoms with Crippen molar-refractivity contribution in [3.05, 3.63) is 23.8 Å². The molecule has 0 saturated heterocycles. The smallest absolute Gasteiger partial charge is 0.161 e. The third-order valence-electron chi connectivity index (χ3n) is 4.22. The topological polar surface area (TPSA) is 47.7 Å². The molecular formula is C16H24N2O2. The Morgan fingerprint density at radius 2 is 2.00 bits per heavy atom. The summed E-state index contributed by atoms with van der Waals surface area (Å²) in [6.07, 6.45) is 3.60. The van der Waals surface area contributed by atoms with Crippen molar-refractivity contribution in [2.75, 3.05) is 26.8 Å². The van der Waals surface area contributed by atoms with Gasteiger partial charge in [-0.3, -0.25) is 4.90 Å². The summed E-state index contributed by atoms with van der Waals surface area (Å²) in [7, 11) is 2.17. The Labute approximate surface area is 120 Å². The Morgan fingerprint density at radius 3 is 2.70 bits per heavy atom. The van der Waals surface area contributed by atoms with Crippen LogP contribution in [-0.2, 0) is 6.54 Å². The minimum atomic E-state index is 0.506. The molecule has 110 valence electrons. The summed E-state index contributed by atoms with van der Waals surface area (Å²) in [5.41, 5.74) is 7.17. The van der Waals surface area contributed by atoms with Crippen LogP contribution in [0.2, 0.25) is 0 Å². The Hall–Kier alpha value is -1.26. The summed E-state index contributed by atoms with van der Waals surface area (Å²) in [5, 5.41) is 0. The summed E-state index contributed by atoms with van der Waals surface area (Å²) >= 11 is 0. The number of ether oxygens (including phenoxy) is 2. The molecule has 1 aromatic rings. The predicted molar refractivity (Wildman–Crippen MR) is 79.1 cm³/mol. The molecule has 0 bridgehead atoms. The predicted octanol–water partition coefficient (Wildman–Crippen LogP) is 2.02. The second-order valence-corrected chi connectivity index (χ2v) is 5.89. The van der Waals surface area contributed by atoms with Crippen molar-refractivity contribution in [3.63, 3.8) is 0 Å². The van der Waals surface area contributed by atoms with Gasteiger partial charge >= 0.3 is 0 Å². The molecule has 4 nitrogen and oxygen atoms in total. The Bertz CT molecular complexity index is 460. The highest BCUT2D eigenvalue weighted by molar-refractivity contribution is 5.43. The Kier molecular flexibility index (Phi) is 4.13. The molecule has 1 atom stereocenters. The molecule has 20 heavy (non-hydrogen) atoms. The lowest BCUT2D eigenvalue weighted by Crippen LogP contribution is -2.39. The SMILES string of the molecule is CN(Cc1ccc2c(c1)OCCCO2)C(CN)C1CC1. The van der Waals surface area contributed by atoms with Crippen LogP contribution < -0.4 is 15.2 Å². The van der Waals surface area contributed by atoms with Crippen LogP contribution >= 0.6 is 0 Å². The number of rotatable bonds is 5. The monoisotopic (exact) mass is 276 g/mol. The molecule has 1 aliphatic heterocycles. The maximum absolute atomic E-state index is 5.91. The molecule has 1 saturated carbocycles. The van der Waals surface area contributed by atoms with Crippen LogP contribution in [0.4, 0.5) is 0 Å². The molecule has 2 aliphatic rings. The molecule has 0 amide bonds. The van der Waals surface area contributed by atoms with Crippen molar-refractivity contribution in [2.24, 2.45) is 11.7 Å². The number of nitrogens with zero attached hydrogens (tertiary/aromatic N) is 1. The molecular weight excluding hydrogens is 252 g/mol. The highest BCUT2D eigenvalue weighted by Gasteiger charge is 2.32. The fraction of sp³-hybridized carbons (Fsp3) is 0.625. The van der Waals surface area contributed by atoms with E-state index in [1.807, 2.05) is 6.07 Å². The van der Waals surface area contributed by atoms with E-state index in [0.29, 0.717) is 6.04 Å². The van der Waals surface area contributed by atoms with Gasteiger partial charge in [-0.25, -0.2) is 0 Å². The third kappa shape index (κ3) is 3.07. The number of benzene rings is 1. The zero-order valence-corrected chi connectivity index (χ0v) is 12.2. The van der Waals surface area contributed by atoms with E-state index in [4.69, 9.17) is 15.2 Å². The van der Waals surface area contributed by atoms with E-state index >= 15 is 0 Å². The summed E-state index contributed by atoms with van der Waals surface area (Å²) in [6, 6.07) is 6.77. The first-order valence-corrected chi connectivity index (χ1v) is 7.57. The first kappa shape index (κ1) is 13.7. The maximum Gasteiger partial charge on any atom is 0.161 e. The molecule has 0 spiro atoms. The first-order valence-electron chi connectivity index (χ1n) is 7.57. The van der Waals surface area contributed by atoms with Crippen LogP contribution in [0, 0.1) is 5.92 Å². The number of fused-ring (bicyclic) bond motifs is 1. The van der Waals surface area contributed by atoms with E-state index in [0.717, 1.165) is 50.1 Å². The average Bonchev–Trinajstić information content (AvgIpc) is 3.26. The van der Waals surface area contributed by atoms with Gasteiger partial charge < -0.3 is 15.2 Å². The fourth-order valence-corrected chi connectivity index (χ4v) is 2.92. The molecule has 1 aliphatic carbocycles. The van der Waals surface area contributed by atoms with Gasteiger partial charge in [-0.1, -0.05) is 6.07 Å². The van der Waals surface area contributed by atoms with Crippen LogP contribution in [0.25, 0.3) is 0 Å². The second-order valence-electron chi connectivity index (χ2n) is 5.89. The van der Waals surface area contributed by atoms with E-state index in [9.17, 15) is 0 Å². The van der Waals surface area contributed by atoms with Gasteiger partial charge in [0.1, 0.15) is 0 Å². The van der Waals surface area contributed by atoms with E-state index in [2.05, 4.69) is 24.1 Å². The van der Waals surface area contributed by atoms with Crippen molar-refractivity contribution < 1.29 is 9.47 Å². The van der Waals surface area contributed by atoms with Gasteiger partial charge in [-0.05, 0) is 43.5 Å². The average molecular weight is 276 g/mol. The van der Waals surface area contributed by atoms with Crippen LogP contribution in [0.1, 0.15) is 24.8 Å². The molecule has 2 N–H and O–H groups in total. The number of hydrogen-bond acceptors (Lipinski definition) is 4. The second kappa shape index (κ2) is 6.02. The standard InChI is InChI=1S/C16H24N2O2/c1-18(14(10-17)13-4-5-13)11-12-3-6-15-16(9-12)20-8-2-7-19-15/h3,6,9,13-14H,2,4-5,7-8,10-11,17H2,1H3. The zero-order chi connectivity index (χ0) is 13.9. The van der Waals surface area contributed by atoms with Crippen molar-refractivity contribution in [3.8, 4) is 11.5 Å². The quantitative estimate of drug-likeness (QED) is 0.894. The van der Waals surface area contributed by atoms with Gasteiger partial charge in [0.15, 0.2) is 11.5 Å². The number of likely N-dealkylation sites (N-methyl/N-ethyl adjacent to an activating group) is 1. The Morgan fingerprint density at radius 1 is 1.25 bits per heavy atom. The fourth-order valence-electron chi connectivity index (χ4n) is 2.92. The van der Waals surface area contributed by atoms with Crippen molar-refractivity contribution in [2.45, 2.75) is 31.8 Å². The lowest BCUT2D eigenvalue weighted by atomic mass is 10.1.